The average Bonchev–Trinajstić information content (AvgIpc) is 2.13. The first-order chi connectivity index (χ1) is 7.60. The summed E-state index contributed by atoms with van der Waals surface area (Å²) in [6, 6.07) is 5.96. The van der Waals surface area contributed by atoms with Crippen LogP contribution in [0.5, 0.6) is 0 Å². The fourth-order valence-electron chi connectivity index (χ4n) is 2.25. The van der Waals surface area contributed by atoms with Crippen molar-refractivity contribution in [1.29, 1.82) is 0 Å². The van der Waals surface area contributed by atoms with Gasteiger partial charge in [-0.25, -0.2) is 9.18 Å². The standard InChI is InChI=1S/C12H15FN2O/c13-10-4-1-3-9(7-10)8-12(5-2-6-12)15-11(14)16/h1,3-4,7H,2,5-6,8H2,(H3,14,15,16). The number of hydrogen-bond donors (Lipinski definition) is 2. The van der Waals surface area contributed by atoms with Crippen LogP contribution < -0.4 is 11.1 Å². The van der Waals surface area contributed by atoms with Crippen LogP contribution in [0, 0.1) is 5.82 Å². The highest BCUT2D eigenvalue weighted by atomic mass is 19.1. The van der Waals surface area contributed by atoms with E-state index in [4.69, 9.17) is 5.73 Å². The Hall–Kier alpha value is -1.58. The highest BCUT2D eigenvalue weighted by Crippen LogP contribution is 2.34. The van der Waals surface area contributed by atoms with E-state index in [1.807, 2.05) is 6.07 Å². The Labute approximate surface area is 93.8 Å². The van der Waals surface area contributed by atoms with Gasteiger partial charge in [-0.1, -0.05) is 12.1 Å². The van der Waals surface area contributed by atoms with Gasteiger partial charge >= 0.3 is 6.03 Å². The Morgan fingerprint density at radius 2 is 2.25 bits per heavy atom. The molecule has 0 radical (unpaired) electrons. The fourth-order valence-corrected chi connectivity index (χ4v) is 2.25. The number of carbonyl (C=O) groups excluding carboxylic acids is 1. The first kappa shape index (κ1) is 10.9. The van der Waals surface area contributed by atoms with Crippen LogP contribution >= 0.6 is 0 Å². The Morgan fingerprint density at radius 1 is 1.50 bits per heavy atom. The van der Waals surface area contributed by atoms with Gasteiger partial charge in [0.2, 0.25) is 0 Å². The van der Waals surface area contributed by atoms with E-state index in [1.165, 1.54) is 12.1 Å². The third-order valence-electron chi connectivity index (χ3n) is 3.13. The maximum Gasteiger partial charge on any atom is 0.312 e. The molecule has 1 aromatic carbocycles. The molecule has 0 heterocycles. The van der Waals surface area contributed by atoms with E-state index in [2.05, 4.69) is 5.32 Å². The van der Waals surface area contributed by atoms with Crippen molar-refractivity contribution in [2.24, 2.45) is 5.73 Å². The number of nitrogens with one attached hydrogen (secondary N) is 1. The first-order valence-electron chi connectivity index (χ1n) is 5.42. The quantitative estimate of drug-likeness (QED) is 0.807. The van der Waals surface area contributed by atoms with E-state index >= 15 is 0 Å². The minimum absolute atomic E-state index is 0.244. The van der Waals surface area contributed by atoms with Crippen molar-refractivity contribution in [2.75, 3.05) is 0 Å². The average molecular weight is 222 g/mol. The molecule has 0 aromatic heterocycles. The lowest BCUT2D eigenvalue weighted by Gasteiger charge is -2.42. The molecular weight excluding hydrogens is 207 g/mol. The molecule has 1 aromatic rings. The zero-order chi connectivity index (χ0) is 11.6. The molecule has 1 aliphatic rings. The molecule has 16 heavy (non-hydrogen) atoms. The minimum Gasteiger partial charge on any atom is -0.352 e. The number of primary amides is 1. The Balaban J connectivity index is 2.09. The predicted molar refractivity (Wildman–Crippen MR) is 59.4 cm³/mol. The highest BCUT2D eigenvalue weighted by Gasteiger charge is 2.37. The first-order valence-corrected chi connectivity index (χ1v) is 5.42. The van der Waals surface area contributed by atoms with E-state index in [1.54, 1.807) is 6.07 Å². The van der Waals surface area contributed by atoms with Crippen LogP contribution in [0.4, 0.5) is 9.18 Å². The van der Waals surface area contributed by atoms with E-state index in [0.29, 0.717) is 6.42 Å². The molecule has 0 aliphatic heterocycles. The lowest BCUT2D eigenvalue weighted by Crippen LogP contribution is -2.56. The SMILES string of the molecule is NC(=O)NC1(Cc2cccc(F)c2)CCC1. The maximum absolute atomic E-state index is 13.0. The molecule has 0 atom stereocenters. The second-order valence-electron chi connectivity index (χ2n) is 4.43. The van der Waals surface area contributed by atoms with Crippen molar-refractivity contribution < 1.29 is 9.18 Å². The van der Waals surface area contributed by atoms with Gasteiger partial charge in [0.25, 0.3) is 0 Å². The summed E-state index contributed by atoms with van der Waals surface area (Å²) in [5.74, 6) is -0.244. The second-order valence-corrected chi connectivity index (χ2v) is 4.43. The molecule has 1 fully saturated rings. The number of nitrogens with two attached hydrogens (primary N) is 1. The molecule has 3 nitrogen and oxygen atoms in total. The van der Waals surface area contributed by atoms with Crippen molar-refractivity contribution in [3.63, 3.8) is 0 Å². The summed E-state index contributed by atoms with van der Waals surface area (Å²) in [5.41, 5.74) is 5.79. The van der Waals surface area contributed by atoms with Crippen LogP contribution in [0.1, 0.15) is 24.8 Å². The van der Waals surface area contributed by atoms with Gasteiger partial charge in [-0.15, -0.1) is 0 Å². The van der Waals surface area contributed by atoms with E-state index in [-0.39, 0.29) is 11.4 Å². The van der Waals surface area contributed by atoms with Gasteiger partial charge < -0.3 is 11.1 Å². The van der Waals surface area contributed by atoms with Crippen molar-refractivity contribution in [2.45, 2.75) is 31.2 Å². The van der Waals surface area contributed by atoms with Crippen LogP contribution in [-0.4, -0.2) is 11.6 Å². The van der Waals surface area contributed by atoms with Crippen LogP contribution in [0.15, 0.2) is 24.3 Å². The van der Waals surface area contributed by atoms with Gasteiger partial charge in [0, 0.05) is 5.54 Å². The molecule has 0 unspecified atom stereocenters. The molecule has 1 aliphatic carbocycles. The number of urea groups is 1. The second kappa shape index (κ2) is 4.12. The normalized spacial score (nSPS) is 17.6. The number of halogens is 1. The molecule has 86 valence electrons. The summed E-state index contributed by atoms with van der Waals surface area (Å²) in [6.07, 6.45) is 3.54. The lowest BCUT2D eigenvalue weighted by molar-refractivity contribution is 0.181. The lowest BCUT2D eigenvalue weighted by atomic mass is 9.73. The van der Waals surface area contributed by atoms with Crippen molar-refractivity contribution in [3.8, 4) is 0 Å². The Morgan fingerprint density at radius 3 is 2.75 bits per heavy atom. The number of carbonyl (C=O) groups is 1. The number of benzene rings is 1. The van der Waals surface area contributed by atoms with Crippen LogP contribution in [0.3, 0.4) is 0 Å². The summed E-state index contributed by atoms with van der Waals surface area (Å²) < 4.78 is 13.0. The van der Waals surface area contributed by atoms with Gasteiger partial charge in [-0.2, -0.15) is 0 Å². The number of hydrogen-bond acceptors (Lipinski definition) is 1. The zero-order valence-corrected chi connectivity index (χ0v) is 9.00. The summed E-state index contributed by atoms with van der Waals surface area (Å²) in [7, 11) is 0. The van der Waals surface area contributed by atoms with Gasteiger partial charge in [0.15, 0.2) is 0 Å². The van der Waals surface area contributed by atoms with Crippen molar-refractivity contribution >= 4 is 6.03 Å². The number of amides is 2. The molecule has 3 N–H and O–H groups in total. The van der Waals surface area contributed by atoms with Gasteiger partial charge in [-0.3, -0.25) is 0 Å². The molecule has 2 amide bonds. The summed E-state index contributed by atoms with van der Waals surface area (Å²) in [5, 5.41) is 2.78. The third-order valence-corrected chi connectivity index (χ3v) is 3.13. The van der Waals surface area contributed by atoms with Crippen LogP contribution in [0.2, 0.25) is 0 Å². The van der Waals surface area contributed by atoms with Crippen LogP contribution in [-0.2, 0) is 6.42 Å². The molecular formula is C12H15FN2O. The predicted octanol–water partition coefficient (Wildman–Crippen LogP) is 1.96. The largest absolute Gasteiger partial charge is 0.352 e. The smallest absolute Gasteiger partial charge is 0.312 e. The Bertz CT molecular complexity index is 402. The van der Waals surface area contributed by atoms with Gasteiger partial charge in [0.1, 0.15) is 5.82 Å². The number of rotatable bonds is 3. The van der Waals surface area contributed by atoms with Crippen LogP contribution in [0.25, 0.3) is 0 Å². The topological polar surface area (TPSA) is 55.1 Å². The molecule has 2 rings (SSSR count). The molecule has 4 heteroatoms. The van der Waals surface area contributed by atoms with E-state index in [9.17, 15) is 9.18 Å². The maximum atomic E-state index is 13.0. The third kappa shape index (κ3) is 2.32. The summed E-state index contributed by atoms with van der Waals surface area (Å²) in [6.45, 7) is 0. The molecule has 1 saturated carbocycles. The Kier molecular flexibility index (Phi) is 2.81. The molecule has 0 spiro atoms. The van der Waals surface area contributed by atoms with Gasteiger partial charge in [0.05, 0.1) is 0 Å². The van der Waals surface area contributed by atoms with Gasteiger partial charge in [-0.05, 0) is 43.4 Å². The van der Waals surface area contributed by atoms with E-state index in [0.717, 1.165) is 24.8 Å². The minimum atomic E-state index is -0.504. The fraction of sp³-hybridized carbons (Fsp3) is 0.417. The monoisotopic (exact) mass is 222 g/mol. The molecule has 0 bridgehead atoms. The molecule has 0 saturated heterocycles. The summed E-state index contributed by atoms with van der Waals surface area (Å²) >= 11 is 0. The van der Waals surface area contributed by atoms with Crippen molar-refractivity contribution in [3.05, 3.63) is 35.6 Å². The zero-order valence-electron chi connectivity index (χ0n) is 9.00. The summed E-state index contributed by atoms with van der Waals surface area (Å²) in [4.78, 5) is 10.9. The highest BCUT2D eigenvalue weighted by molar-refractivity contribution is 5.72. The van der Waals surface area contributed by atoms with E-state index < -0.39 is 6.03 Å². The van der Waals surface area contributed by atoms with Crippen molar-refractivity contribution in [1.82, 2.24) is 5.32 Å².